The van der Waals surface area contributed by atoms with Gasteiger partial charge in [0, 0.05) is 48.3 Å². The highest BCUT2D eigenvalue weighted by atomic mass is 32.2. The van der Waals surface area contributed by atoms with E-state index in [2.05, 4.69) is 70.5 Å². The lowest BCUT2D eigenvalue weighted by Crippen LogP contribution is -2.29. The van der Waals surface area contributed by atoms with Crippen LogP contribution < -0.4 is 0 Å². The smallest absolute Gasteiger partial charge is 0.160 e. The van der Waals surface area contributed by atoms with Crippen molar-refractivity contribution < 1.29 is 0 Å². The zero-order chi connectivity index (χ0) is 20.0. The van der Waals surface area contributed by atoms with Crippen LogP contribution >= 0.6 is 11.8 Å². The quantitative estimate of drug-likeness (QED) is 0.642. The molecule has 5 nitrogen and oxygen atoms in total. The zero-order valence-corrected chi connectivity index (χ0v) is 17.8. The maximum atomic E-state index is 5.12. The third-order valence-corrected chi connectivity index (χ3v) is 7.00. The van der Waals surface area contributed by atoms with Crippen molar-refractivity contribution in [3.63, 3.8) is 0 Å². The first-order valence-corrected chi connectivity index (χ1v) is 11.0. The number of hydrogen-bond acceptors (Lipinski definition) is 5. The van der Waals surface area contributed by atoms with Gasteiger partial charge in [-0.2, -0.15) is 0 Å². The van der Waals surface area contributed by atoms with Gasteiger partial charge in [-0.1, -0.05) is 24.8 Å². The Kier molecular flexibility index (Phi) is 4.66. The summed E-state index contributed by atoms with van der Waals surface area (Å²) in [5.41, 5.74) is 6.27. The monoisotopic (exact) mass is 403 g/mol. The van der Waals surface area contributed by atoms with Gasteiger partial charge < -0.3 is 9.47 Å². The van der Waals surface area contributed by atoms with Crippen LogP contribution in [0.4, 0.5) is 0 Å². The fourth-order valence-electron chi connectivity index (χ4n) is 4.50. The molecule has 1 saturated heterocycles. The minimum Gasteiger partial charge on any atom is -0.344 e. The summed E-state index contributed by atoms with van der Waals surface area (Å²) < 4.78 is 2.41. The Balaban J connectivity index is 1.55. The molecule has 3 atom stereocenters. The number of pyridine rings is 2. The van der Waals surface area contributed by atoms with Crippen LogP contribution in [0.25, 0.3) is 0 Å². The second kappa shape index (κ2) is 7.34. The molecular formula is C23H25N5S. The Bertz CT molecular complexity index is 1040. The van der Waals surface area contributed by atoms with Gasteiger partial charge in [0.25, 0.3) is 0 Å². The van der Waals surface area contributed by atoms with Crippen molar-refractivity contribution in [2.75, 3.05) is 6.54 Å². The third-order valence-electron chi connectivity index (χ3n) is 5.90. The van der Waals surface area contributed by atoms with Crippen molar-refractivity contribution in [1.29, 1.82) is 0 Å². The van der Waals surface area contributed by atoms with E-state index in [0.717, 1.165) is 24.0 Å². The molecule has 3 aromatic rings. The maximum Gasteiger partial charge on any atom is 0.160 e. The van der Waals surface area contributed by atoms with Crippen LogP contribution in [0.5, 0.6) is 0 Å². The molecule has 1 fully saturated rings. The van der Waals surface area contributed by atoms with E-state index < -0.39 is 0 Å². The molecule has 0 unspecified atom stereocenters. The molecule has 0 aromatic carbocycles. The molecule has 148 valence electrons. The SMILES string of the molecule is Cc1cc([C@@H]2[C@@H](c3ccccn3)N=C3S[C@H](C)CN32)c(C)n1Cc1ccncc1. The lowest BCUT2D eigenvalue weighted by Gasteiger charge is -2.27. The first-order chi connectivity index (χ1) is 14.1. The summed E-state index contributed by atoms with van der Waals surface area (Å²) in [7, 11) is 0. The van der Waals surface area contributed by atoms with Crippen molar-refractivity contribution in [3.8, 4) is 0 Å². The standard InChI is InChI=1S/C23H25N5S/c1-15-12-19(17(3)27(15)14-18-7-10-24-11-8-18)22-21(20-6-4-5-9-25-20)26-23-28(22)13-16(2)29-23/h4-12,16,21-22H,13-14H2,1-3H3/t16-,21-,22-/m1/s1. The normalized spacial score (nSPS) is 23.3. The molecule has 2 aliphatic rings. The lowest BCUT2D eigenvalue weighted by atomic mass is 9.96. The van der Waals surface area contributed by atoms with E-state index in [4.69, 9.17) is 4.99 Å². The van der Waals surface area contributed by atoms with Crippen molar-refractivity contribution in [3.05, 3.63) is 83.2 Å². The van der Waals surface area contributed by atoms with Crippen LogP contribution in [0.2, 0.25) is 0 Å². The first kappa shape index (κ1) is 18.4. The second-order valence-corrected chi connectivity index (χ2v) is 9.31. The van der Waals surface area contributed by atoms with E-state index in [0.29, 0.717) is 5.25 Å². The summed E-state index contributed by atoms with van der Waals surface area (Å²) in [5, 5.41) is 1.73. The summed E-state index contributed by atoms with van der Waals surface area (Å²) in [6.07, 6.45) is 5.60. The van der Waals surface area contributed by atoms with Crippen LogP contribution in [0.1, 0.15) is 47.2 Å². The number of fused-ring (bicyclic) bond motifs is 1. The van der Waals surface area contributed by atoms with Gasteiger partial charge in [-0.25, -0.2) is 0 Å². The Morgan fingerprint density at radius 1 is 1.10 bits per heavy atom. The van der Waals surface area contributed by atoms with Gasteiger partial charge in [0.1, 0.15) is 6.04 Å². The second-order valence-electron chi connectivity index (χ2n) is 7.90. The minimum absolute atomic E-state index is 0.0427. The third kappa shape index (κ3) is 3.25. The highest BCUT2D eigenvalue weighted by molar-refractivity contribution is 8.14. The number of rotatable bonds is 4. The Labute approximate surface area is 175 Å². The largest absolute Gasteiger partial charge is 0.344 e. The number of nitrogens with zero attached hydrogens (tertiary/aromatic N) is 5. The van der Waals surface area contributed by atoms with Gasteiger partial charge in [0.2, 0.25) is 0 Å². The Morgan fingerprint density at radius 2 is 1.93 bits per heavy atom. The molecule has 5 heterocycles. The van der Waals surface area contributed by atoms with Gasteiger partial charge in [-0.05, 0) is 55.3 Å². The average molecular weight is 404 g/mol. The summed E-state index contributed by atoms with van der Waals surface area (Å²) in [6.45, 7) is 8.62. The average Bonchev–Trinajstić information content (AvgIpc) is 3.35. The molecule has 0 N–H and O–H groups in total. The van der Waals surface area contributed by atoms with Gasteiger partial charge in [-0.15, -0.1) is 0 Å². The van der Waals surface area contributed by atoms with E-state index in [9.17, 15) is 0 Å². The van der Waals surface area contributed by atoms with Gasteiger partial charge in [0.05, 0.1) is 11.7 Å². The van der Waals surface area contributed by atoms with E-state index in [-0.39, 0.29) is 12.1 Å². The summed E-state index contributed by atoms with van der Waals surface area (Å²) in [6, 6.07) is 12.9. The summed E-state index contributed by atoms with van der Waals surface area (Å²) in [5.74, 6) is 0. The molecule has 0 radical (unpaired) electrons. The van der Waals surface area contributed by atoms with Crippen molar-refractivity contribution in [1.82, 2.24) is 19.4 Å². The fraction of sp³-hybridized carbons (Fsp3) is 0.348. The van der Waals surface area contributed by atoms with Crippen molar-refractivity contribution in [2.45, 2.75) is 44.6 Å². The van der Waals surface area contributed by atoms with E-state index in [1.54, 1.807) is 0 Å². The zero-order valence-electron chi connectivity index (χ0n) is 17.0. The Morgan fingerprint density at radius 3 is 2.69 bits per heavy atom. The number of aromatic nitrogens is 3. The van der Waals surface area contributed by atoms with Crippen molar-refractivity contribution >= 4 is 16.9 Å². The fourth-order valence-corrected chi connectivity index (χ4v) is 5.59. The van der Waals surface area contributed by atoms with Gasteiger partial charge >= 0.3 is 0 Å². The molecule has 5 rings (SSSR count). The highest BCUT2D eigenvalue weighted by Gasteiger charge is 2.44. The molecule has 29 heavy (non-hydrogen) atoms. The van der Waals surface area contributed by atoms with Crippen LogP contribution in [0.3, 0.4) is 0 Å². The van der Waals surface area contributed by atoms with Crippen molar-refractivity contribution in [2.24, 2.45) is 4.99 Å². The predicted molar refractivity (Wildman–Crippen MR) is 118 cm³/mol. The van der Waals surface area contributed by atoms with Crippen LogP contribution in [-0.2, 0) is 6.54 Å². The molecule has 0 saturated carbocycles. The molecule has 0 aliphatic carbocycles. The molecule has 0 spiro atoms. The van der Waals surface area contributed by atoms with Crippen LogP contribution in [-0.4, -0.2) is 36.4 Å². The molecule has 2 aliphatic heterocycles. The molecule has 3 aromatic heterocycles. The molecular weight excluding hydrogens is 378 g/mol. The molecule has 6 heteroatoms. The Hall–Kier alpha value is -2.60. The van der Waals surface area contributed by atoms with Crippen LogP contribution in [0.15, 0.2) is 60.0 Å². The topological polar surface area (TPSA) is 46.3 Å². The van der Waals surface area contributed by atoms with E-state index >= 15 is 0 Å². The van der Waals surface area contributed by atoms with Crippen LogP contribution in [0, 0.1) is 13.8 Å². The minimum atomic E-state index is 0.0427. The predicted octanol–water partition coefficient (Wildman–Crippen LogP) is 4.53. The summed E-state index contributed by atoms with van der Waals surface area (Å²) >= 11 is 1.89. The first-order valence-electron chi connectivity index (χ1n) is 10.1. The number of thioether (sulfide) groups is 1. The summed E-state index contributed by atoms with van der Waals surface area (Å²) in [4.78, 5) is 16.4. The van der Waals surface area contributed by atoms with E-state index in [1.165, 1.54) is 22.5 Å². The number of amidine groups is 1. The number of aryl methyl sites for hydroxylation is 1. The number of hydrogen-bond donors (Lipinski definition) is 0. The number of aliphatic imine (C=N–C) groups is 1. The van der Waals surface area contributed by atoms with Gasteiger partial charge in [-0.3, -0.25) is 15.0 Å². The molecule has 0 amide bonds. The highest BCUT2D eigenvalue weighted by Crippen LogP contribution is 2.48. The molecule has 0 bridgehead atoms. The van der Waals surface area contributed by atoms with Gasteiger partial charge in [0.15, 0.2) is 5.17 Å². The maximum absolute atomic E-state index is 5.12. The van der Waals surface area contributed by atoms with E-state index in [1.807, 2.05) is 36.4 Å². The lowest BCUT2D eigenvalue weighted by molar-refractivity contribution is 0.320.